The molecule has 0 saturated carbocycles. The van der Waals surface area contributed by atoms with Gasteiger partial charge in [0, 0.05) is 18.5 Å². The van der Waals surface area contributed by atoms with Crippen molar-refractivity contribution in [2.24, 2.45) is 0 Å². The molecule has 1 fully saturated rings. The molecule has 5 nitrogen and oxygen atoms in total. The first kappa shape index (κ1) is 21.5. The van der Waals surface area contributed by atoms with Crippen molar-refractivity contribution >= 4 is 17.5 Å². The quantitative estimate of drug-likeness (QED) is 0.664. The van der Waals surface area contributed by atoms with Crippen molar-refractivity contribution in [1.29, 1.82) is 0 Å². The average molecular weight is 417 g/mol. The number of nitrogens with zero attached hydrogens (tertiary/aromatic N) is 1. The number of hydrogen-bond donors (Lipinski definition) is 1. The zero-order chi connectivity index (χ0) is 20.6. The van der Waals surface area contributed by atoms with Gasteiger partial charge in [0.05, 0.1) is 25.3 Å². The maximum absolute atomic E-state index is 12.5. The Kier molecular flexibility index (Phi) is 7.78. The minimum atomic E-state index is 0.0380. The van der Waals surface area contributed by atoms with Gasteiger partial charge in [-0.25, -0.2) is 0 Å². The number of para-hydroxylation sites is 1. The van der Waals surface area contributed by atoms with Crippen LogP contribution in [-0.4, -0.2) is 44.7 Å². The van der Waals surface area contributed by atoms with Crippen molar-refractivity contribution in [3.05, 3.63) is 58.6 Å². The van der Waals surface area contributed by atoms with Crippen LogP contribution in [0.2, 0.25) is 5.02 Å². The second kappa shape index (κ2) is 10.5. The van der Waals surface area contributed by atoms with Gasteiger partial charge in [0.15, 0.2) is 0 Å². The van der Waals surface area contributed by atoms with Gasteiger partial charge in [0.25, 0.3) is 0 Å². The number of carbonyl (C=O) groups excluding carboxylic acids is 1. The minimum Gasteiger partial charge on any atom is -0.496 e. The van der Waals surface area contributed by atoms with E-state index in [1.54, 1.807) is 14.2 Å². The van der Waals surface area contributed by atoms with Crippen molar-refractivity contribution in [3.8, 4) is 11.5 Å². The van der Waals surface area contributed by atoms with Crippen LogP contribution in [0.4, 0.5) is 0 Å². The molecule has 1 N–H and O–H groups in total. The predicted molar refractivity (Wildman–Crippen MR) is 116 cm³/mol. The van der Waals surface area contributed by atoms with Gasteiger partial charge in [0.2, 0.25) is 5.91 Å². The van der Waals surface area contributed by atoms with Crippen molar-refractivity contribution in [1.82, 2.24) is 10.2 Å². The molecule has 0 radical (unpaired) electrons. The molecule has 0 aromatic heterocycles. The number of carbonyl (C=O) groups is 1. The predicted octanol–water partition coefficient (Wildman–Crippen LogP) is 4.24. The first-order chi connectivity index (χ1) is 14.1. The molecule has 0 spiro atoms. The molecule has 2 aromatic rings. The van der Waals surface area contributed by atoms with E-state index in [0.717, 1.165) is 30.0 Å². The van der Waals surface area contributed by atoms with Crippen LogP contribution < -0.4 is 14.8 Å². The molecule has 1 unspecified atom stereocenters. The fraction of sp³-hybridized carbons (Fsp3) is 0.435. The fourth-order valence-corrected chi connectivity index (χ4v) is 4.13. The summed E-state index contributed by atoms with van der Waals surface area (Å²) in [6.07, 6.45) is 3.44. The van der Waals surface area contributed by atoms with E-state index < -0.39 is 0 Å². The topological polar surface area (TPSA) is 50.8 Å². The summed E-state index contributed by atoms with van der Waals surface area (Å²) in [6.45, 7) is 2.66. The molecule has 1 saturated heterocycles. The Hall–Kier alpha value is -2.24. The molecule has 1 aliphatic rings. The molecule has 1 amide bonds. The zero-order valence-electron chi connectivity index (χ0n) is 17.1. The number of hydrogen-bond acceptors (Lipinski definition) is 4. The third-order valence-electron chi connectivity index (χ3n) is 5.43. The van der Waals surface area contributed by atoms with Crippen LogP contribution in [0.3, 0.4) is 0 Å². The van der Waals surface area contributed by atoms with Crippen molar-refractivity contribution in [3.63, 3.8) is 0 Å². The molecule has 0 aliphatic carbocycles. The Balaban J connectivity index is 1.60. The Morgan fingerprint density at radius 2 is 1.83 bits per heavy atom. The van der Waals surface area contributed by atoms with E-state index in [2.05, 4.69) is 16.3 Å². The highest BCUT2D eigenvalue weighted by molar-refractivity contribution is 6.32. The number of benzene rings is 2. The van der Waals surface area contributed by atoms with E-state index in [1.165, 1.54) is 12.8 Å². The van der Waals surface area contributed by atoms with E-state index in [9.17, 15) is 4.79 Å². The summed E-state index contributed by atoms with van der Waals surface area (Å²) in [4.78, 5) is 14.9. The minimum absolute atomic E-state index is 0.0380. The first-order valence-corrected chi connectivity index (χ1v) is 10.5. The summed E-state index contributed by atoms with van der Waals surface area (Å²) >= 11 is 6.17. The van der Waals surface area contributed by atoms with Gasteiger partial charge in [-0.1, -0.05) is 35.9 Å². The molecule has 1 heterocycles. The van der Waals surface area contributed by atoms with E-state index in [0.29, 0.717) is 30.2 Å². The molecule has 1 aliphatic heterocycles. The van der Waals surface area contributed by atoms with E-state index in [4.69, 9.17) is 21.1 Å². The number of amides is 1. The van der Waals surface area contributed by atoms with Crippen LogP contribution >= 0.6 is 11.6 Å². The number of ether oxygens (including phenoxy) is 2. The van der Waals surface area contributed by atoms with Gasteiger partial charge < -0.3 is 14.8 Å². The molecule has 1 atom stereocenters. The average Bonchev–Trinajstić information content (AvgIpc) is 3.27. The largest absolute Gasteiger partial charge is 0.496 e. The Morgan fingerprint density at radius 1 is 1.10 bits per heavy atom. The molecule has 0 bridgehead atoms. The second-order valence-electron chi connectivity index (χ2n) is 7.27. The highest BCUT2D eigenvalue weighted by Crippen LogP contribution is 2.31. The van der Waals surface area contributed by atoms with Gasteiger partial charge in [-0.05, 0) is 56.1 Å². The normalized spacial score (nSPS) is 15.1. The lowest BCUT2D eigenvalue weighted by atomic mass is 10.0. The van der Waals surface area contributed by atoms with Crippen LogP contribution in [0, 0.1) is 0 Å². The first-order valence-electron chi connectivity index (χ1n) is 10.1. The molecule has 2 aromatic carbocycles. The number of halogens is 1. The molecular weight excluding hydrogens is 388 g/mol. The van der Waals surface area contributed by atoms with Crippen molar-refractivity contribution in [2.75, 3.05) is 33.9 Å². The number of likely N-dealkylation sites (tertiary alicyclic amines) is 1. The van der Waals surface area contributed by atoms with Gasteiger partial charge in [-0.2, -0.15) is 0 Å². The van der Waals surface area contributed by atoms with Crippen LogP contribution in [0.25, 0.3) is 0 Å². The van der Waals surface area contributed by atoms with Crippen LogP contribution in [0.5, 0.6) is 11.5 Å². The highest BCUT2D eigenvalue weighted by atomic mass is 35.5. The van der Waals surface area contributed by atoms with E-state index >= 15 is 0 Å². The van der Waals surface area contributed by atoms with Crippen molar-refractivity contribution in [2.45, 2.75) is 31.7 Å². The summed E-state index contributed by atoms with van der Waals surface area (Å²) in [6, 6.07) is 13.8. The van der Waals surface area contributed by atoms with Gasteiger partial charge >= 0.3 is 0 Å². The molecule has 29 heavy (non-hydrogen) atoms. The number of methoxy groups -OCH3 is 2. The smallest absolute Gasteiger partial charge is 0.220 e. The van der Waals surface area contributed by atoms with Crippen LogP contribution in [0.15, 0.2) is 42.5 Å². The molecule has 3 rings (SSSR count). The zero-order valence-corrected chi connectivity index (χ0v) is 17.9. The third-order valence-corrected chi connectivity index (χ3v) is 5.72. The van der Waals surface area contributed by atoms with Gasteiger partial charge in [-0.3, -0.25) is 9.69 Å². The van der Waals surface area contributed by atoms with Gasteiger partial charge in [-0.15, -0.1) is 0 Å². The summed E-state index contributed by atoms with van der Waals surface area (Å²) in [5.74, 6) is 1.55. The summed E-state index contributed by atoms with van der Waals surface area (Å²) in [5, 5.41) is 3.69. The summed E-state index contributed by atoms with van der Waals surface area (Å²) < 4.78 is 10.7. The summed E-state index contributed by atoms with van der Waals surface area (Å²) in [5.41, 5.74) is 2.14. The fourth-order valence-electron chi connectivity index (χ4n) is 3.85. The third kappa shape index (κ3) is 5.64. The lowest BCUT2D eigenvalue weighted by molar-refractivity contribution is -0.121. The van der Waals surface area contributed by atoms with E-state index in [1.807, 2.05) is 36.4 Å². The van der Waals surface area contributed by atoms with E-state index in [-0.39, 0.29) is 11.9 Å². The number of aryl methyl sites for hydroxylation is 1. The maximum Gasteiger partial charge on any atom is 0.220 e. The number of nitrogens with one attached hydrogen (secondary N) is 1. The lowest BCUT2D eigenvalue weighted by Crippen LogP contribution is -2.37. The summed E-state index contributed by atoms with van der Waals surface area (Å²) in [7, 11) is 3.28. The highest BCUT2D eigenvalue weighted by Gasteiger charge is 2.26. The second-order valence-corrected chi connectivity index (χ2v) is 7.68. The number of rotatable bonds is 9. The molecule has 156 valence electrons. The van der Waals surface area contributed by atoms with Crippen LogP contribution in [-0.2, 0) is 11.2 Å². The Morgan fingerprint density at radius 3 is 2.52 bits per heavy atom. The van der Waals surface area contributed by atoms with Crippen LogP contribution in [0.1, 0.15) is 36.4 Å². The lowest BCUT2D eigenvalue weighted by Gasteiger charge is -2.29. The van der Waals surface area contributed by atoms with Gasteiger partial charge in [0.1, 0.15) is 11.5 Å². The maximum atomic E-state index is 12.5. The van der Waals surface area contributed by atoms with Crippen molar-refractivity contribution < 1.29 is 14.3 Å². The molecular formula is C23H29ClN2O3. The SMILES string of the molecule is COc1ccc(CCC(=O)NCC(c2ccccc2OC)N2CCCC2)cc1Cl. The standard InChI is InChI=1S/C23H29ClN2O3/c1-28-21-8-4-3-7-18(21)20(26-13-5-6-14-26)16-25-23(27)12-10-17-9-11-22(29-2)19(24)15-17/h3-4,7-9,11,15,20H,5-6,10,12-14,16H2,1-2H3,(H,25,27). The Bertz CT molecular complexity index is 822. The Labute approximate surface area is 177 Å². The monoisotopic (exact) mass is 416 g/mol. The molecule has 6 heteroatoms.